The average Bonchev–Trinajstić information content (AvgIpc) is 3.17. The minimum Gasteiger partial charge on any atom is -0.383 e. The van der Waals surface area contributed by atoms with Gasteiger partial charge in [0.2, 0.25) is 0 Å². The molecule has 6 nitrogen and oxygen atoms in total. The van der Waals surface area contributed by atoms with E-state index in [0.29, 0.717) is 23.6 Å². The molecule has 0 aliphatic carbocycles. The Morgan fingerprint density at radius 2 is 2.17 bits per heavy atom. The van der Waals surface area contributed by atoms with Crippen LogP contribution in [0.15, 0.2) is 41.5 Å². The van der Waals surface area contributed by atoms with Crippen LogP contribution in [0.5, 0.6) is 0 Å². The molecule has 0 bridgehead atoms. The van der Waals surface area contributed by atoms with E-state index in [0.717, 1.165) is 16.8 Å². The molecule has 120 valence electrons. The van der Waals surface area contributed by atoms with Crippen molar-refractivity contribution in [3.63, 3.8) is 0 Å². The number of aryl methyl sites for hydroxylation is 1. The summed E-state index contributed by atoms with van der Waals surface area (Å²) in [7, 11) is 1.66. The molecule has 0 fully saturated rings. The van der Waals surface area contributed by atoms with Crippen molar-refractivity contribution < 1.29 is 9.53 Å². The number of carbonyl (C=O) groups excluding carboxylic acids is 1. The lowest BCUT2D eigenvalue weighted by Gasteiger charge is -2.03. The van der Waals surface area contributed by atoms with Crippen molar-refractivity contribution in [2.45, 2.75) is 20.0 Å². The standard InChI is InChI=1S/C16H18N4O2S/c1-3-19-9-8-12(18-19)15(21)17-16-20(10-11-22-2)13-6-4-5-7-14(13)23-16/h4-9H,3,10-11H2,1-2H3. The number of methoxy groups -OCH3 is 1. The number of fused-ring (bicyclic) bond motifs is 1. The molecule has 0 N–H and O–H groups in total. The van der Waals surface area contributed by atoms with E-state index in [9.17, 15) is 4.79 Å². The smallest absolute Gasteiger partial charge is 0.300 e. The molecule has 0 aliphatic heterocycles. The Labute approximate surface area is 137 Å². The summed E-state index contributed by atoms with van der Waals surface area (Å²) in [6.07, 6.45) is 1.78. The molecule has 23 heavy (non-hydrogen) atoms. The zero-order valence-electron chi connectivity index (χ0n) is 13.1. The molecule has 1 aromatic carbocycles. The van der Waals surface area contributed by atoms with Crippen molar-refractivity contribution in [2.75, 3.05) is 13.7 Å². The second-order valence-electron chi connectivity index (χ2n) is 4.97. The molecule has 0 saturated heterocycles. The van der Waals surface area contributed by atoms with Crippen LogP contribution in [0.25, 0.3) is 10.2 Å². The second kappa shape index (κ2) is 6.89. The highest BCUT2D eigenvalue weighted by atomic mass is 32.1. The highest BCUT2D eigenvalue weighted by molar-refractivity contribution is 7.16. The third kappa shape index (κ3) is 3.25. The van der Waals surface area contributed by atoms with E-state index < -0.39 is 0 Å². The molecule has 7 heteroatoms. The fourth-order valence-electron chi connectivity index (χ4n) is 2.30. The molecule has 0 atom stereocenters. The number of hydrogen-bond donors (Lipinski definition) is 0. The molecule has 2 aromatic heterocycles. The molecular weight excluding hydrogens is 312 g/mol. The summed E-state index contributed by atoms with van der Waals surface area (Å²) >= 11 is 1.50. The summed E-state index contributed by atoms with van der Waals surface area (Å²) in [5.74, 6) is -0.324. The first-order valence-electron chi connectivity index (χ1n) is 7.42. The van der Waals surface area contributed by atoms with Crippen LogP contribution in [0.1, 0.15) is 17.4 Å². The first-order valence-corrected chi connectivity index (χ1v) is 8.24. The molecule has 0 unspecified atom stereocenters. The first-order chi connectivity index (χ1) is 11.2. The predicted octanol–water partition coefficient (Wildman–Crippen LogP) is 2.31. The van der Waals surface area contributed by atoms with Crippen molar-refractivity contribution in [1.29, 1.82) is 0 Å². The largest absolute Gasteiger partial charge is 0.383 e. The molecule has 0 aliphatic rings. The molecule has 3 aromatic rings. The summed E-state index contributed by atoms with van der Waals surface area (Å²) in [6, 6.07) is 9.71. The second-order valence-corrected chi connectivity index (χ2v) is 5.98. The summed E-state index contributed by atoms with van der Waals surface area (Å²) < 4.78 is 9.99. The SMILES string of the molecule is CCn1ccc(C(=O)N=c2sc3ccccc3n2CCOC)n1. The number of thiazole rings is 1. The van der Waals surface area contributed by atoms with Gasteiger partial charge in [-0.25, -0.2) is 0 Å². The van der Waals surface area contributed by atoms with Crippen LogP contribution >= 0.6 is 11.3 Å². The van der Waals surface area contributed by atoms with Gasteiger partial charge in [-0.3, -0.25) is 9.48 Å². The average molecular weight is 330 g/mol. The number of ether oxygens (including phenoxy) is 1. The van der Waals surface area contributed by atoms with E-state index in [-0.39, 0.29) is 5.91 Å². The zero-order valence-corrected chi connectivity index (χ0v) is 13.9. The topological polar surface area (TPSA) is 61.4 Å². The molecular formula is C16H18N4O2S. The van der Waals surface area contributed by atoms with E-state index in [2.05, 4.69) is 10.1 Å². The lowest BCUT2D eigenvalue weighted by molar-refractivity contribution is 0.0992. The number of hydrogen-bond acceptors (Lipinski definition) is 4. The third-order valence-electron chi connectivity index (χ3n) is 3.49. The molecule has 0 spiro atoms. The number of aromatic nitrogens is 3. The van der Waals surface area contributed by atoms with Gasteiger partial charge in [0.05, 0.1) is 16.8 Å². The third-order valence-corrected chi connectivity index (χ3v) is 4.55. The van der Waals surface area contributed by atoms with Gasteiger partial charge in [0.1, 0.15) is 0 Å². The summed E-state index contributed by atoms with van der Waals surface area (Å²) in [4.78, 5) is 17.3. The van der Waals surface area contributed by atoms with E-state index in [1.165, 1.54) is 11.3 Å². The molecule has 0 saturated carbocycles. The van der Waals surface area contributed by atoms with Crippen LogP contribution in [0.2, 0.25) is 0 Å². The highest BCUT2D eigenvalue weighted by Crippen LogP contribution is 2.16. The van der Waals surface area contributed by atoms with Gasteiger partial charge >= 0.3 is 0 Å². The maximum absolute atomic E-state index is 12.4. The van der Waals surface area contributed by atoms with Crippen LogP contribution in [0.4, 0.5) is 0 Å². The fraction of sp³-hybridized carbons (Fsp3) is 0.312. The number of para-hydroxylation sites is 1. The Morgan fingerprint density at radius 3 is 2.91 bits per heavy atom. The van der Waals surface area contributed by atoms with Crippen LogP contribution in [0, 0.1) is 0 Å². The quantitative estimate of drug-likeness (QED) is 0.721. The number of nitrogens with zero attached hydrogens (tertiary/aromatic N) is 4. The van der Waals surface area contributed by atoms with Gasteiger partial charge in [0.25, 0.3) is 5.91 Å². The van der Waals surface area contributed by atoms with Gasteiger partial charge in [0, 0.05) is 26.4 Å². The predicted molar refractivity (Wildman–Crippen MR) is 89.5 cm³/mol. The molecule has 2 heterocycles. The van der Waals surface area contributed by atoms with Crippen molar-refractivity contribution >= 4 is 27.5 Å². The summed E-state index contributed by atoms with van der Waals surface area (Å²) in [6.45, 7) is 3.91. The normalized spacial score (nSPS) is 12.2. The van der Waals surface area contributed by atoms with Gasteiger partial charge in [-0.2, -0.15) is 10.1 Å². The molecule has 0 radical (unpaired) electrons. The minimum atomic E-state index is -0.324. The van der Waals surface area contributed by atoms with Crippen molar-refractivity contribution in [2.24, 2.45) is 4.99 Å². The Hall–Kier alpha value is -2.25. The van der Waals surface area contributed by atoms with Crippen molar-refractivity contribution in [3.8, 4) is 0 Å². The maximum atomic E-state index is 12.4. The van der Waals surface area contributed by atoms with E-state index in [1.807, 2.05) is 35.8 Å². The van der Waals surface area contributed by atoms with Crippen LogP contribution in [0.3, 0.4) is 0 Å². The molecule has 3 rings (SSSR count). The van der Waals surface area contributed by atoms with Crippen LogP contribution in [-0.4, -0.2) is 34.0 Å². The van der Waals surface area contributed by atoms with E-state index in [1.54, 1.807) is 24.1 Å². The Bertz CT molecular complexity index is 891. The molecule has 1 amide bonds. The monoisotopic (exact) mass is 330 g/mol. The Kier molecular flexibility index (Phi) is 4.68. The summed E-state index contributed by atoms with van der Waals surface area (Å²) in [5, 5.41) is 4.21. The Balaban J connectivity index is 2.04. The zero-order chi connectivity index (χ0) is 16.2. The first kappa shape index (κ1) is 15.6. The Morgan fingerprint density at radius 1 is 1.35 bits per heavy atom. The van der Waals surface area contributed by atoms with Crippen molar-refractivity contribution in [1.82, 2.24) is 14.3 Å². The van der Waals surface area contributed by atoms with Gasteiger partial charge < -0.3 is 9.30 Å². The van der Waals surface area contributed by atoms with Crippen LogP contribution < -0.4 is 4.80 Å². The van der Waals surface area contributed by atoms with Gasteiger partial charge in [0.15, 0.2) is 10.5 Å². The number of amides is 1. The maximum Gasteiger partial charge on any atom is 0.300 e. The van der Waals surface area contributed by atoms with Gasteiger partial charge in [-0.15, -0.1) is 0 Å². The fourth-order valence-corrected chi connectivity index (χ4v) is 3.36. The minimum absolute atomic E-state index is 0.324. The number of benzene rings is 1. The van der Waals surface area contributed by atoms with Gasteiger partial charge in [-0.1, -0.05) is 23.5 Å². The lowest BCUT2D eigenvalue weighted by Crippen LogP contribution is -2.19. The summed E-state index contributed by atoms with van der Waals surface area (Å²) in [5.41, 5.74) is 1.42. The van der Waals surface area contributed by atoms with Crippen molar-refractivity contribution in [3.05, 3.63) is 47.0 Å². The number of carbonyl (C=O) groups is 1. The van der Waals surface area contributed by atoms with Gasteiger partial charge in [-0.05, 0) is 25.1 Å². The van der Waals surface area contributed by atoms with E-state index in [4.69, 9.17) is 4.74 Å². The highest BCUT2D eigenvalue weighted by Gasteiger charge is 2.11. The number of rotatable bonds is 5. The van der Waals surface area contributed by atoms with E-state index >= 15 is 0 Å². The lowest BCUT2D eigenvalue weighted by atomic mass is 10.3. The van der Waals surface area contributed by atoms with Crippen LogP contribution in [-0.2, 0) is 17.8 Å².